The van der Waals surface area contributed by atoms with Gasteiger partial charge in [-0.3, -0.25) is 9.32 Å². The van der Waals surface area contributed by atoms with Gasteiger partial charge in [-0.15, -0.1) is 0 Å². The molecular formula is C14H18ClN6O5P. The van der Waals surface area contributed by atoms with Gasteiger partial charge in [0.15, 0.2) is 10.8 Å². The number of carboxylic acids is 1. The molecule has 0 aromatic carbocycles. The van der Waals surface area contributed by atoms with E-state index >= 15 is 0 Å². The zero-order valence-corrected chi connectivity index (χ0v) is 15.8. The number of hydrogen-bond acceptors (Lipinski definition) is 7. The molecule has 27 heavy (non-hydrogen) atoms. The van der Waals surface area contributed by atoms with Crippen LogP contribution in [0.4, 0.5) is 5.95 Å². The van der Waals surface area contributed by atoms with Gasteiger partial charge in [0.2, 0.25) is 5.95 Å². The second-order valence-corrected chi connectivity index (χ2v) is 8.07. The van der Waals surface area contributed by atoms with Gasteiger partial charge < -0.3 is 20.3 Å². The van der Waals surface area contributed by atoms with Gasteiger partial charge in [0.1, 0.15) is 11.6 Å². The molecule has 146 valence electrons. The van der Waals surface area contributed by atoms with Crippen LogP contribution in [-0.2, 0) is 13.9 Å². The highest BCUT2D eigenvalue weighted by Crippen LogP contribution is 2.40. The molecule has 1 aliphatic carbocycles. The second kappa shape index (κ2) is 7.53. The van der Waals surface area contributed by atoms with Gasteiger partial charge in [-0.1, -0.05) is 23.8 Å². The first-order chi connectivity index (χ1) is 12.7. The second-order valence-electron chi connectivity index (χ2n) is 6.15. The molecule has 13 heteroatoms. The van der Waals surface area contributed by atoms with E-state index in [0.717, 1.165) is 0 Å². The number of halogens is 1. The molecule has 11 nitrogen and oxygen atoms in total. The lowest BCUT2D eigenvalue weighted by Crippen LogP contribution is -2.32. The molecule has 5 N–H and O–H groups in total. The van der Waals surface area contributed by atoms with Crippen molar-refractivity contribution >= 4 is 42.4 Å². The lowest BCUT2D eigenvalue weighted by Gasteiger charge is -2.18. The minimum absolute atomic E-state index is 0.0379. The molecule has 0 bridgehead atoms. The maximum absolute atomic E-state index is 11.9. The minimum Gasteiger partial charge on any atom is -0.480 e. The molecule has 3 rings (SSSR count). The van der Waals surface area contributed by atoms with E-state index in [9.17, 15) is 14.3 Å². The summed E-state index contributed by atoms with van der Waals surface area (Å²) in [7, 11) is -4.23. The molecule has 0 amide bonds. The maximum Gasteiger partial charge on any atom is 0.403 e. The number of nitrogens with one attached hydrogen (secondary N) is 1. The zero-order valence-electron chi connectivity index (χ0n) is 14.2. The van der Waals surface area contributed by atoms with Crippen LogP contribution in [0.1, 0.15) is 19.4 Å². The van der Waals surface area contributed by atoms with E-state index < -0.39 is 19.8 Å². The van der Waals surface area contributed by atoms with Crippen molar-refractivity contribution in [3.8, 4) is 0 Å². The Morgan fingerprint density at radius 2 is 2.30 bits per heavy atom. The molecule has 0 radical (unpaired) electrons. The first-order valence-corrected chi connectivity index (χ1v) is 9.93. The number of carbonyl (C=O) groups is 1. The topological polar surface area (TPSA) is 165 Å². The summed E-state index contributed by atoms with van der Waals surface area (Å²) in [6.45, 7) is 1.20. The van der Waals surface area contributed by atoms with Crippen molar-refractivity contribution in [3.63, 3.8) is 0 Å². The molecule has 1 unspecified atom stereocenters. The third-order valence-corrected chi connectivity index (χ3v) is 5.57. The van der Waals surface area contributed by atoms with Crippen LogP contribution in [0, 0.1) is 5.92 Å². The highest BCUT2D eigenvalue weighted by Gasteiger charge is 2.29. The number of carboxylic acid groups (broad SMARTS) is 1. The zero-order chi connectivity index (χ0) is 19.8. The fraction of sp³-hybridized carbons (Fsp3) is 0.429. The molecule has 0 aliphatic heterocycles. The molecule has 0 saturated carbocycles. The largest absolute Gasteiger partial charge is 0.480 e. The van der Waals surface area contributed by atoms with Crippen LogP contribution >= 0.6 is 19.3 Å². The summed E-state index contributed by atoms with van der Waals surface area (Å²) in [4.78, 5) is 32.7. The van der Waals surface area contributed by atoms with Crippen LogP contribution in [0.3, 0.4) is 0 Å². The average molecular weight is 417 g/mol. The summed E-state index contributed by atoms with van der Waals surface area (Å²) in [6.07, 6.45) is 5.90. The minimum atomic E-state index is -4.23. The standard InChI is InChI=1S/C14H18ClN6O5P/c1-7(13(22)23)20-27(24,25)26-5-8-2-3-9(4-8)21-6-17-10-11(15)18-14(16)19-12(10)21/h2-3,6-9H,4-5H2,1H3,(H,22,23)(H2,16,18,19)(H2,20,24,25)/t7-,8+,9-/m0/s1. The third-order valence-electron chi connectivity index (χ3n) is 4.09. The molecular weight excluding hydrogens is 399 g/mol. The van der Waals surface area contributed by atoms with E-state index in [4.69, 9.17) is 27.0 Å². The van der Waals surface area contributed by atoms with Crippen molar-refractivity contribution in [1.82, 2.24) is 24.6 Å². The number of nitrogens with two attached hydrogens (primary N) is 1. The van der Waals surface area contributed by atoms with E-state index in [1.807, 2.05) is 12.2 Å². The summed E-state index contributed by atoms with van der Waals surface area (Å²) in [5.74, 6) is -1.36. The highest BCUT2D eigenvalue weighted by atomic mass is 35.5. The Hall–Kier alpha value is -2.04. The molecule has 2 aromatic heterocycles. The quantitative estimate of drug-likeness (QED) is 0.294. The van der Waals surface area contributed by atoms with Gasteiger partial charge in [0, 0.05) is 5.92 Å². The molecule has 1 aliphatic rings. The highest BCUT2D eigenvalue weighted by molar-refractivity contribution is 7.50. The Labute approximate surface area is 158 Å². The summed E-state index contributed by atoms with van der Waals surface area (Å²) in [5.41, 5.74) is 6.57. The van der Waals surface area contributed by atoms with Crippen LogP contribution in [-0.4, -0.2) is 48.1 Å². The maximum atomic E-state index is 11.9. The number of imidazole rings is 1. The average Bonchev–Trinajstić information content (AvgIpc) is 3.18. The van der Waals surface area contributed by atoms with Gasteiger partial charge in [0.25, 0.3) is 0 Å². The Kier molecular flexibility index (Phi) is 5.50. The molecule has 2 aromatic rings. The number of rotatable bonds is 7. The Morgan fingerprint density at radius 1 is 1.56 bits per heavy atom. The van der Waals surface area contributed by atoms with Crippen molar-refractivity contribution in [3.05, 3.63) is 23.6 Å². The van der Waals surface area contributed by atoms with E-state index in [0.29, 0.717) is 17.6 Å². The fourth-order valence-electron chi connectivity index (χ4n) is 2.76. The first-order valence-electron chi connectivity index (χ1n) is 7.98. The van der Waals surface area contributed by atoms with Gasteiger partial charge in [-0.05, 0) is 13.3 Å². The predicted molar refractivity (Wildman–Crippen MR) is 97.0 cm³/mol. The summed E-state index contributed by atoms with van der Waals surface area (Å²) < 4.78 is 18.7. The van der Waals surface area contributed by atoms with Crippen LogP contribution in [0.5, 0.6) is 0 Å². The van der Waals surface area contributed by atoms with Gasteiger partial charge in [0.05, 0.1) is 19.0 Å². The van der Waals surface area contributed by atoms with Crippen LogP contribution in [0.25, 0.3) is 11.2 Å². The summed E-state index contributed by atoms with van der Waals surface area (Å²) in [6, 6.07) is -1.32. The van der Waals surface area contributed by atoms with Gasteiger partial charge >= 0.3 is 13.7 Å². The number of aromatic nitrogens is 4. The Morgan fingerprint density at radius 3 is 3.00 bits per heavy atom. The predicted octanol–water partition coefficient (Wildman–Crippen LogP) is 1.36. The van der Waals surface area contributed by atoms with Gasteiger partial charge in [-0.25, -0.2) is 14.6 Å². The Bertz CT molecular complexity index is 949. The third kappa shape index (κ3) is 4.45. The molecule has 0 fully saturated rings. The number of nitrogens with zero attached hydrogens (tertiary/aromatic N) is 4. The SMILES string of the molecule is C[C@H](NP(=O)(O)OC[C@@H]1C=C[C@H](n2cnc3c(Cl)nc(N)nc32)C1)C(=O)O. The van der Waals surface area contributed by atoms with E-state index in [-0.39, 0.29) is 29.7 Å². The molecule has 2 heterocycles. The Balaban J connectivity index is 1.64. The van der Waals surface area contributed by atoms with E-state index in [2.05, 4.69) is 20.0 Å². The van der Waals surface area contributed by atoms with Crippen LogP contribution in [0.2, 0.25) is 5.15 Å². The number of aliphatic carboxylic acids is 1. The summed E-state index contributed by atoms with van der Waals surface area (Å²) in [5, 5.41) is 11.0. The van der Waals surface area contributed by atoms with Crippen molar-refractivity contribution < 1.29 is 23.9 Å². The number of anilines is 1. The lowest BCUT2D eigenvalue weighted by atomic mass is 10.1. The van der Waals surface area contributed by atoms with Crippen molar-refractivity contribution in [2.45, 2.75) is 25.4 Å². The summed E-state index contributed by atoms with van der Waals surface area (Å²) >= 11 is 6.02. The molecule has 4 atom stereocenters. The van der Waals surface area contributed by atoms with Crippen molar-refractivity contribution in [2.75, 3.05) is 12.3 Å². The van der Waals surface area contributed by atoms with Crippen LogP contribution in [0.15, 0.2) is 18.5 Å². The van der Waals surface area contributed by atoms with Crippen molar-refractivity contribution in [2.24, 2.45) is 5.92 Å². The monoisotopic (exact) mass is 416 g/mol. The first kappa shape index (κ1) is 19.7. The smallest absolute Gasteiger partial charge is 0.403 e. The fourth-order valence-corrected chi connectivity index (χ4v) is 4.04. The number of allylic oxidation sites excluding steroid dienone is 1. The normalized spacial score (nSPS) is 22.8. The molecule has 0 spiro atoms. The van der Waals surface area contributed by atoms with E-state index in [1.165, 1.54) is 6.92 Å². The number of hydrogen-bond donors (Lipinski definition) is 4. The van der Waals surface area contributed by atoms with E-state index in [1.54, 1.807) is 10.9 Å². The lowest BCUT2D eigenvalue weighted by molar-refractivity contribution is -0.138. The molecule has 0 saturated heterocycles. The van der Waals surface area contributed by atoms with Gasteiger partial charge in [-0.2, -0.15) is 9.97 Å². The van der Waals surface area contributed by atoms with Crippen LogP contribution < -0.4 is 10.8 Å². The van der Waals surface area contributed by atoms with Crippen molar-refractivity contribution in [1.29, 1.82) is 0 Å². The number of nitrogen functional groups attached to an aromatic ring is 1. The number of fused-ring (bicyclic) bond motifs is 1.